The average Bonchev–Trinajstić information content (AvgIpc) is 2.94. The summed E-state index contributed by atoms with van der Waals surface area (Å²) in [5, 5.41) is 4.43. The summed E-state index contributed by atoms with van der Waals surface area (Å²) in [4.78, 5) is 29.0. The van der Waals surface area contributed by atoms with Gasteiger partial charge in [-0.25, -0.2) is 4.90 Å². The second-order valence-corrected chi connectivity index (χ2v) is 9.67. The molecule has 3 aromatic rings. The number of carbonyl (C=O) groups excluding carboxylic acids is 2. The molecule has 0 unspecified atom stereocenters. The lowest BCUT2D eigenvalue weighted by atomic mass is 10.1. The van der Waals surface area contributed by atoms with Crippen LogP contribution in [0.3, 0.4) is 0 Å². The van der Waals surface area contributed by atoms with Crippen molar-refractivity contribution in [3.05, 3.63) is 97.5 Å². The lowest BCUT2D eigenvalue weighted by Gasteiger charge is -2.16. The zero-order chi connectivity index (χ0) is 23.0. The molecule has 1 aliphatic rings. The third-order valence-corrected chi connectivity index (χ3v) is 6.60. The molecule has 3 aromatic carbocycles. The van der Waals surface area contributed by atoms with E-state index < -0.39 is 11.8 Å². The Labute approximate surface area is 205 Å². The minimum absolute atomic E-state index is 0.193. The highest BCUT2D eigenvalue weighted by Crippen LogP contribution is 2.39. The first-order valence-electron chi connectivity index (χ1n) is 9.60. The highest BCUT2D eigenvalue weighted by molar-refractivity contribution is 8.04. The molecule has 0 fully saturated rings. The fraction of sp³-hybridized carbons (Fsp3) is 0.0833. The zero-order valence-corrected chi connectivity index (χ0v) is 20.2. The van der Waals surface area contributed by atoms with Gasteiger partial charge >= 0.3 is 0 Å². The Bertz CT molecular complexity index is 1250. The number of nitrogens with zero attached hydrogens (tertiary/aromatic N) is 1. The van der Waals surface area contributed by atoms with Crippen LogP contribution in [0.15, 0.2) is 76.2 Å². The van der Waals surface area contributed by atoms with Crippen LogP contribution in [0.4, 0.5) is 11.4 Å². The molecule has 4 rings (SSSR count). The number of imide groups is 1. The summed E-state index contributed by atoms with van der Waals surface area (Å²) in [5.74, 6) is -0.940. The van der Waals surface area contributed by atoms with Crippen molar-refractivity contribution in [1.29, 1.82) is 0 Å². The van der Waals surface area contributed by atoms with Gasteiger partial charge in [-0.1, -0.05) is 64.3 Å². The lowest BCUT2D eigenvalue weighted by Crippen LogP contribution is -2.32. The number of hydrogen-bond donors (Lipinski definition) is 1. The molecule has 2 amide bonds. The number of rotatable bonds is 5. The van der Waals surface area contributed by atoms with E-state index in [4.69, 9.17) is 34.8 Å². The lowest BCUT2D eigenvalue weighted by molar-refractivity contribution is -0.120. The van der Waals surface area contributed by atoms with E-state index in [0.29, 0.717) is 20.8 Å². The van der Waals surface area contributed by atoms with Crippen LogP contribution in [-0.2, 0) is 9.59 Å². The molecule has 1 heterocycles. The van der Waals surface area contributed by atoms with Crippen molar-refractivity contribution in [2.45, 2.75) is 18.7 Å². The van der Waals surface area contributed by atoms with Crippen molar-refractivity contribution >= 4 is 69.8 Å². The number of amides is 2. The highest BCUT2D eigenvalue weighted by Gasteiger charge is 2.40. The number of halogens is 3. The van der Waals surface area contributed by atoms with Gasteiger partial charge in [0.25, 0.3) is 11.8 Å². The van der Waals surface area contributed by atoms with Crippen molar-refractivity contribution in [1.82, 2.24) is 0 Å². The van der Waals surface area contributed by atoms with Gasteiger partial charge in [-0.15, -0.1) is 0 Å². The maximum absolute atomic E-state index is 13.4. The fourth-order valence-electron chi connectivity index (χ4n) is 3.33. The summed E-state index contributed by atoms with van der Waals surface area (Å²) in [6.45, 7) is 3.93. The molecule has 8 heteroatoms. The minimum Gasteiger partial charge on any atom is -0.350 e. The largest absolute Gasteiger partial charge is 0.350 e. The zero-order valence-electron chi connectivity index (χ0n) is 17.1. The molecule has 32 heavy (non-hydrogen) atoms. The van der Waals surface area contributed by atoms with Crippen LogP contribution in [0.5, 0.6) is 0 Å². The molecule has 0 atom stereocenters. The van der Waals surface area contributed by atoms with E-state index in [-0.39, 0.29) is 10.6 Å². The Balaban J connectivity index is 1.78. The average molecular weight is 504 g/mol. The molecule has 162 valence electrons. The number of nitrogens with one attached hydrogen (secondary N) is 1. The van der Waals surface area contributed by atoms with E-state index in [1.807, 2.05) is 32.0 Å². The van der Waals surface area contributed by atoms with Crippen LogP contribution in [0.2, 0.25) is 15.1 Å². The molecule has 0 spiro atoms. The van der Waals surface area contributed by atoms with Crippen molar-refractivity contribution in [2.75, 3.05) is 10.2 Å². The number of aryl methyl sites for hydroxylation is 2. The summed E-state index contributed by atoms with van der Waals surface area (Å²) in [6.07, 6.45) is 0. The standard InChI is InChI=1S/C24H17Cl3N2O2S/c1-13-3-8-20(14(2)9-13)28-21-22(32-19-6-4-15(25)5-7-19)24(31)29(23(21)30)18-11-16(26)10-17(27)12-18/h3-12,28H,1-2H3. The first-order valence-corrected chi connectivity index (χ1v) is 11.5. The Kier molecular flexibility index (Phi) is 6.54. The molecule has 0 radical (unpaired) electrons. The molecular formula is C24H17Cl3N2O2S. The predicted octanol–water partition coefficient (Wildman–Crippen LogP) is 7.25. The number of thioether (sulfide) groups is 1. The van der Waals surface area contributed by atoms with Gasteiger partial charge in [-0.05, 0) is 67.9 Å². The quantitative estimate of drug-likeness (QED) is 0.372. The van der Waals surface area contributed by atoms with Gasteiger partial charge in [-0.2, -0.15) is 0 Å². The van der Waals surface area contributed by atoms with Crippen molar-refractivity contribution in [3.63, 3.8) is 0 Å². The maximum atomic E-state index is 13.4. The molecule has 1 N–H and O–H groups in total. The van der Waals surface area contributed by atoms with E-state index in [0.717, 1.165) is 26.6 Å². The van der Waals surface area contributed by atoms with E-state index >= 15 is 0 Å². The second-order valence-electron chi connectivity index (χ2n) is 7.28. The minimum atomic E-state index is -0.482. The Morgan fingerprint density at radius 2 is 1.44 bits per heavy atom. The Morgan fingerprint density at radius 3 is 2.06 bits per heavy atom. The molecule has 0 bridgehead atoms. The monoisotopic (exact) mass is 502 g/mol. The van der Waals surface area contributed by atoms with Crippen LogP contribution in [0, 0.1) is 13.8 Å². The van der Waals surface area contributed by atoms with Gasteiger partial charge in [0.15, 0.2) is 0 Å². The molecule has 0 aliphatic carbocycles. The normalized spacial score (nSPS) is 13.8. The summed E-state index contributed by atoms with van der Waals surface area (Å²) in [5.41, 5.74) is 3.30. The van der Waals surface area contributed by atoms with Gasteiger partial charge in [0, 0.05) is 25.7 Å². The van der Waals surface area contributed by atoms with E-state index in [2.05, 4.69) is 5.32 Å². The number of anilines is 2. The SMILES string of the molecule is Cc1ccc(NC2=C(Sc3ccc(Cl)cc3)C(=O)N(c3cc(Cl)cc(Cl)c3)C2=O)c(C)c1. The van der Waals surface area contributed by atoms with Gasteiger partial charge in [-0.3, -0.25) is 9.59 Å². The van der Waals surface area contributed by atoms with Crippen molar-refractivity contribution < 1.29 is 9.59 Å². The number of benzene rings is 3. The highest BCUT2D eigenvalue weighted by atomic mass is 35.5. The number of hydrogen-bond acceptors (Lipinski definition) is 4. The summed E-state index contributed by atoms with van der Waals surface area (Å²) >= 11 is 19.4. The third kappa shape index (κ3) is 4.66. The number of carbonyl (C=O) groups is 2. The molecule has 0 aromatic heterocycles. The van der Waals surface area contributed by atoms with Crippen LogP contribution in [0.1, 0.15) is 11.1 Å². The smallest absolute Gasteiger partial charge is 0.283 e. The Morgan fingerprint density at radius 1 is 0.781 bits per heavy atom. The molecule has 1 aliphatic heterocycles. The van der Waals surface area contributed by atoms with E-state index in [9.17, 15) is 9.59 Å². The molecule has 0 saturated heterocycles. The third-order valence-electron chi connectivity index (χ3n) is 4.82. The predicted molar refractivity (Wildman–Crippen MR) is 133 cm³/mol. The maximum Gasteiger partial charge on any atom is 0.283 e. The van der Waals surface area contributed by atoms with Gasteiger partial charge in [0.05, 0.1) is 5.69 Å². The summed E-state index contributed by atoms with van der Waals surface area (Å²) in [6, 6.07) is 17.5. The summed E-state index contributed by atoms with van der Waals surface area (Å²) < 4.78 is 0. The van der Waals surface area contributed by atoms with Crippen molar-refractivity contribution in [3.8, 4) is 0 Å². The van der Waals surface area contributed by atoms with Crippen LogP contribution in [0.25, 0.3) is 0 Å². The Hall–Kier alpha value is -2.44. The van der Waals surface area contributed by atoms with Crippen LogP contribution < -0.4 is 10.2 Å². The van der Waals surface area contributed by atoms with Gasteiger partial charge < -0.3 is 5.32 Å². The molecule has 0 saturated carbocycles. The van der Waals surface area contributed by atoms with Gasteiger partial charge in [0.2, 0.25) is 0 Å². The van der Waals surface area contributed by atoms with Crippen LogP contribution >= 0.6 is 46.6 Å². The first kappa shape index (κ1) is 22.7. The van der Waals surface area contributed by atoms with E-state index in [1.54, 1.807) is 30.3 Å². The summed E-state index contributed by atoms with van der Waals surface area (Å²) in [7, 11) is 0. The second kappa shape index (κ2) is 9.20. The van der Waals surface area contributed by atoms with Gasteiger partial charge in [0.1, 0.15) is 10.6 Å². The van der Waals surface area contributed by atoms with Crippen LogP contribution in [-0.4, -0.2) is 11.8 Å². The topological polar surface area (TPSA) is 49.4 Å². The molecular weight excluding hydrogens is 487 g/mol. The first-order chi connectivity index (χ1) is 15.2. The van der Waals surface area contributed by atoms with E-state index in [1.165, 1.54) is 23.9 Å². The molecule has 4 nitrogen and oxygen atoms in total. The fourth-order valence-corrected chi connectivity index (χ4v) is 4.89. The van der Waals surface area contributed by atoms with Crippen molar-refractivity contribution in [2.24, 2.45) is 0 Å².